The van der Waals surface area contributed by atoms with Gasteiger partial charge in [-0.25, -0.2) is 0 Å². The minimum Gasteiger partial charge on any atom is -0.484 e. The lowest BCUT2D eigenvalue weighted by molar-refractivity contribution is -0.118. The summed E-state index contributed by atoms with van der Waals surface area (Å²) in [5.74, 6) is 0.442. The summed E-state index contributed by atoms with van der Waals surface area (Å²) < 4.78 is 11.0. The Balaban J connectivity index is 1.63. The third-order valence-corrected chi connectivity index (χ3v) is 4.91. The molecule has 0 atom stereocenters. The van der Waals surface area contributed by atoms with Gasteiger partial charge in [0.25, 0.3) is 5.91 Å². The number of hydrogen-bond acceptors (Lipinski definition) is 4. The molecule has 2 aromatic rings. The van der Waals surface area contributed by atoms with Crippen LogP contribution in [0.25, 0.3) is 0 Å². The maximum Gasteiger partial charge on any atom is 0.262 e. The second-order valence-electron chi connectivity index (χ2n) is 6.32. The average molecular weight is 375 g/mol. The number of benzene rings is 2. The Hall–Kier alpha value is -2.24. The van der Waals surface area contributed by atoms with Crippen LogP contribution in [0, 0.1) is 13.8 Å². The van der Waals surface area contributed by atoms with Crippen molar-refractivity contribution in [3.05, 3.63) is 52.5 Å². The van der Waals surface area contributed by atoms with Gasteiger partial charge in [-0.1, -0.05) is 23.7 Å². The van der Waals surface area contributed by atoms with Crippen LogP contribution in [0.5, 0.6) is 5.75 Å². The number of para-hydroxylation sites is 2. The predicted molar refractivity (Wildman–Crippen MR) is 105 cm³/mol. The second kappa shape index (κ2) is 8.43. The van der Waals surface area contributed by atoms with Crippen molar-refractivity contribution < 1.29 is 14.3 Å². The third-order valence-electron chi connectivity index (χ3n) is 4.31. The molecule has 0 aromatic heterocycles. The molecular formula is C20H23ClN2O3. The molecule has 1 amide bonds. The SMILES string of the molecule is Cc1cc(OCC(=O)Nc2ccccc2N2CCOCC2)cc(C)c1Cl. The maximum absolute atomic E-state index is 12.4. The minimum atomic E-state index is -0.198. The zero-order valence-corrected chi connectivity index (χ0v) is 15.8. The van der Waals surface area contributed by atoms with Crippen molar-refractivity contribution in [3.8, 4) is 5.75 Å². The number of carbonyl (C=O) groups excluding carboxylic acids is 1. The van der Waals surface area contributed by atoms with Gasteiger partial charge in [0.2, 0.25) is 0 Å². The van der Waals surface area contributed by atoms with E-state index in [2.05, 4.69) is 10.2 Å². The molecule has 0 saturated carbocycles. The minimum absolute atomic E-state index is 0.0576. The van der Waals surface area contributed by atoms with Crippen molar-refractivity contribution in [2.75, 3.05) is 43.1 Å². The molecule has 1 heterocycles. The van der Waals surface area contributed by atoms with E-state index in [0.717, 1.165) is 40.6 Å². The predicted octanol–water partition coefficient (Wildman–Crippen LogP) is 3.81. The summed E-state index contributed by atoms with van der Waals surface area (Å²) in [6, 6.07) is 11.5. The smallest absolute Gasteiger partial charge is 0.262 e. The Morgan fingerprint density at radius 2 is 1.85 bits per heavy atom. The van der Waals surface area contributed by atoms with Crippen molar-refractivity contribution in [1.29, 1.82) is 0 Å². The fraction of sp³-hybridized carbons (Fsp3) is 0.350. The number of rotatable bonds is 5. The number of halogens is 1. The quantitative estimate of drug-likeness (QED) is 0.864. The van der Waals surface area contributed by atoms with Crippen molar-refractivity contribution in [1.82, 2.24) is 0 Å². The fourth-order valence-corrected chi connectivity index (χ4v) is 3.09. The number of amides is 1. The van der Waals surface area contributed by atoms with Crippen LogP contribution in [0.15, 0.2) is 36.4 Å². The Labute approximate surface area is 158 Å². The Morgan fingerprint density at radius 1 is 1.19 bits per heavy atom. The van der Waals surface area contributed by atoms with E-state index >= 15 is 0 Å². The third kappa shape index (κ3) is 4.48. The zero-order chi connectivity index (χ0) is 18.5. The van der Waals surface area contributed by atoms with Crippen molar-refractivity contribution in [2.24, 2.45) is 0 Å². The number of carbonyl (C=O) groups is 1. The molecule has 6 heteroatoms. The molecule has 1 aliphatic heterocycles. The van der Waals surface area contributed by atoms with Crippen LogP contribution in [0.4, 0.5) is 11.4 Å². The van der Waals surface area contributed by atoms with Gasteiger partial charge in [-0.15, -0.1) is 0 Å². The first-order valence-corrected chi connectivity index (χ1v) is 9.03. The molecule has 2 aromatic carbocycles. The van der Waals surface area contributed by atoms with Gasteiger partial charge in [-0.05, 0) is 49.2 Å². The van der Waals surface area contributed by atoms with Crippen molar-refractivity contribution in [3.63, 3.8) is 0 Å². The summed E-state index contributed by atoms with van der Waals surface area (Å²) in [6.07, 6.45) is 0. The molecule has 1 aliphatic rings. The summed E-state index contributed by atoms with van der Waals surface area (Å²) in [5, 5.41) is 3.67. The maximum atomic E-state index is 12.4. The summed E-state index contributed by atoms with van der Waals surface area (Å²) in [5.41, 5.74) is 3.65. The molecule has 3 rings (SSSR count). The van der Waals surface area contributed by atoms with Gasteiger partial charge in [0, 0.05) is 18.1 Å². The summed E-state index contributed by atoms with van der Waals surface area (Å²) in [4.78, 5) is 14.6. The molecule has 5 nitrogen and oxygen atoms in total. The standard InChI is InChI=1S/C20H23ClN2O3/c1-14-11-16(12-15(2)20(14)21)26-13-19(24)22-17-5-3-4-6-18(17)23-7-9-25-10-8-23/h3-6,11-12H,7-10,13H2,1-2H3,(H,22,24). The molecule has 1 fully saturated rings. The van der Waals surface area contributed by atoms with Crippen LogP contribution >= 0.6 is 11.6 Å². The zero-order valence-electron chi connectivity index (χ0n) is 15.0. The van der Waals surface area contributed by atoms with E-state index in [1.807, 2.05) is 50.2 Å². The first kappa shape index (κ1) is 18.5. The van der Waals surface area contributed by atoms with Crippen molar-refractivity contribution in [2.45, 2.75) is 13.8 Å². The highest BCUT2D eigenvalue weighted by atomic mass is 35.5. The number of hydrogen-bond donors (Lipinski definition) is 1. The van der Waals surface area contributed by atoms with E-state index in [0.29, 0.717) is 19.0 Å². The molecule has 0 bridgehead atoms. The monoisotopic (exact) mass is 374 g/mol. The number of nitrogens with zero attached hydrogens (tertiary/aromatic N) is 1. The van der Waals surface area contributed by atoms with E-state index in [1.165, 1.54) is 0 Å². The van der Waals surface area contributed by atoms with E-state index in [4.69, 9.17) is 21.1 Å². The normalized spacial score (nSPS) is 14.2. The molecule has 138 valence electrons. The highest BCUT2D eigenvalue weighted by Gasteiger charge is 2.16. The van der Waals surface area contributed by atoms with Crippen LogP contribution in [0.1, 0.15) is 11.1 Å². The van der Waals surface area contributed by atoms with Gasteiger partial charge in [0.05, 0.1) is 24.6 Å². The first-order chi connectivity index (χ1) is 12.5. The lowest BCUT2D eigenvalue weighted by atomic mass is 10.1. The second-order valence-corrected chi connectivity index (χ2v) is 6.70. The summed E-state index contributed by atoms with van der Waals surface area (Å²) in [6.45, 7) is 6.79. The molecule has 0 radical (unpaired) electrons. The first-order valence-electron chi connectivity index (χ1n) is 8.65. The van der Waals surface area contributed by atoms with Crippen LogP contribution in [0.3, 0.4) is 0 Å². The van der Waals surface area contributed by atoms with Gasteiger partial charge in [0.15, 0.2) is 6.61 Å². The Kier molecular flexibility index (Phi) is 6.01. The topological polar surface area (TPSA) is 50.8 Å². The number of ether oxygens (including phenoxy) is 2. The molecule has 26 heavy (non-hydrogen) atoms. The summed E-state index contributed by atoms with van der Waals surface area (Å²) >= 11 is 6.16. The van der Waals surface area contributed by atoms with Gasteiger partial charge >= 0.3 is 0 Å². The summed E-state index contributed by atoms with van der Waals surface area (Å²) in [7, 11) is 0. The molecule has 1 saturated heterocycles. The molecule has 0 aliphatic carbocycles. The van der Waals surface area contributed by atoms with Gasteiger partial charge in [-0.2, -0.15) is 0 Å². The van der Waals surface area contributed by atoms with E-state index in [1.54, 1.807) is 0 Å². The van der Waals surface area contributed by atoms with Gasteiger partial charge in [0.1, 0.15) is 5.75 Å². The Morgan fingerprint density at radius 3 is 2.54 bits per heavy atom. The average Bonchev–Trinajstić information content (AvgIpc) is 2.65. The van der Waals surface area contributed by atoms with Crippen LogP contribution in [-0.4, -0.2) is 38.8 Å². The van der Waals surface area contributed by atoms with Gasteiger partial charge in [-0.3, -0.25) is 4.79 Å². The largest absolute Gasteiger partial charge is 0.484 e. The van der Waals surface area contributed by atoms with E-state index in [-0.39, 0.29) is 12.5 Å². The lowest BCUT2D eigenvalue weighted by Crippen LogP contribution is -2.37. The number of nitrogens with one attached hydrogen (secondary N) is 1. The van der Waals surface area contributed by atoms with Gasteiger partial charge < -0.3 is 19.7 Å². The highest BCUT2D eigenvalue weighted by molar-refractivity contribution is 6.32. The molecular weight excluding hydrogens is 352 g/mol. The van der Waals surface area contributed by atoms with Crippen LogP contribution < -0.4 is 15.0 Å². The number of anilines is 2. The number of aryl methyl sites for hydroxylation is 2. The van der Waals surface area contributed by atoms with E-state index in [9.17, 15) is 4.79 Å². The van der Waals surface area contributed by atoms with Crippen LogP contribution in [-0.2, 0) is 9.53 Å². The van der Waals surface area contributed by atoms with E-state index < -0.39 is 0 Å². The lowest BCUT2D eigenvalue weighted by Gasteiger charge is -2.30. The fourth-order valence-electron chi connectivity index (χ4n) is 2.98. The molecule has 1 N–H and O–H groups in total. The highest BCUT2D eigenvalue weighted by Crippen LogP contribution is 2.27. The van der Waals surface area contributed by atoms with Crippen LogP contribution in [0.2, 0.25) is 5.02 Å². The Bertz CT molecular complexity index is 765. The molecule has 0 unspecified atom stereocenters. The van der Waals surface area contributed by atoms with Crippen molar-refractivity contribution >= 4 is 28.9 Å². The molecule has 0 spiro atoms. The number of morpholine rings is 1.